The Morgan fingerprint density at radius 3 is 1.44 bits per heavy atom. The minimum atomic E-state index is -4.04. The molecule has 45 heavy (non-hydrogen) atoms. The molecular weight excluding hydrogens is 640 g/mol. The zero-order chi connectivity index (χ0) is 33.6. The lowest BCUT2D eigenvalue weighted by Crippen LogP contribution is -2.29. The minimum Gasteiger partial charge on any atom is -0.378 e. The first-order valence-corrected chi connectivity index (χ1v) is 17.1. The smallest absolute Gasteiger partial charge is 0.298 e. The Bertz CT molecular complexity index is 1730. The molecule has 240 valence electrons. The number of aliphatic hydroxyl groups excluding tert-OH is 1. The summed E-state index contributed by atoms with van der Waals surface area (Å²) >= 11 is 0. The van der Waals surface area contributed by atoms with E-state index in [0.29, 0.717) is 11.1 Å². The molecule has 0 aliphatic carbocycles. The molecule has 0 saturated heterocycles. The van der Waals surface area contributed by atoms with Gasteiger partial charge in [-0.15, -0.1) is 0 Å². The summed E-state index contributed by atoms with van der Waals surface area (Å²) in [5, 5.41) is 14.2. The summed E-state index contributed by atoms with van der Waals surface area (Å²) in [6.07, 6.45) is -2.28. The lowest BCUT2D eigenvalue weighted by molar-refractivity contribution is -0.129. The zero-order valence-corrected chi connectivity index (χ0v) is 27.4. The molecule has 13 heteroatoms. The molecule has 0 aromatic heterocycles. The van der Waals surface area contributed by atoms with E-state index >= 15 is 0 Å². The topological polar surface area (TPSA) is 156 Å². The average Bonchev–Trinajstić information content (AvgIpc) is 3.04. The molecule has 4 aromatic carbocycles. The summed E-state index contributed by atoms with van der Waals surface area (Å²) in [5.74, 6) is -0.914. The van der Waals surface area contributed by atoms with Gasteiger partial charge in [0, 0.05) is 24.8 Å². The Kier molecular flexibility index (Phi) is 14.4. The van der Waals surface area contributed by atoms with E-state index < -0.39 is 37.3 Å². The van der Waals surface area contributed by atoms with E-state index in [1.807, 2.05) is 19.9 Å². The van der Waals surface area contributed by atoms with Crippen molar-refractivity contribution in [3.63, 3.8) is 0 Å². The van der Waals surface area contributed by atoms with E-state index in [1.165, 1.54) is 38.4 Å². The number of rotatable bonds is 8. The van der Waals surface area contributed by atoms with Crippen LogP contribution in [0.5, 0.6) is 0 Å². The molecule has 0 spiro atoms. The van der Waals surface area contributed by atoms with Crippen LogP contribution < -0.4 is 10.6 Å². The molecule has 2 atom stereocenters. The van der Waals surface area contributed by atoms with Crippen LogP contribution >= 0.6 is 10.7 Å². The molecule has 4 aromatic rings. The van der Waals surface area contributed by atoms with E-state index in [2.05, 4.69) is 10.6 Å². The molecule has 0 radical (unpaired) electrons. The summed E-state index contributed by atoms with van der Waals surface area (Å²) in [7, 11) is 0.421. The van der Waals surface area contributed by atoms with Crippen molar-refractivity contribution >= 4 is 41.7 Å². The summed E-state index contributed by atoms with van der Waals surface area (Å²) in [6.45, 7) is 3.74. The minimum absolute atomic E-state index is 0.0166. The van der Waals surface area contributed by atoms with Gasteiger partial charge >= 0.3 is 0 Å². The van der Waals surface area contributed by atoms with Crippen LogP contribution in [0.2, 0.25) is 0 Å². The van der Waals surface area contributed by atoms with Gasteiger partial charge in [-0.05, 0) is 49.2 Å². The van der Waals surface area contributed by atoms with Gasteiger partial charge in [-0.3, -0.25) is 9.59 Å². The standard InChI is InChI=1S/C16H17NO4S.C9H11NO2.C7H7ClO2S/c1-12-8-10-14(11-9-12)22(19,20)21-15(16(18)17-2)13-6-4-3-5-7-13;1-10-9(12)8(11)7-5-3-2-4-6-7;1-6-2-4-7(5-3-6)11(8,9)10/h3-11,15H,1-2H3,(H,17,18);2-6,8,11H,1H3,(H,10,12);2-5H,1H3/t15-;8-;/m10./s1. The van der Waals surface area contributed by atoms with E-state index in [0.717, 1.165) is 11.1 Å². The van der Waals surface area contributed by atoms with Crippen LogP contribution in [0.1, 0.15) is 34.5 Å². The number of benzene rings is 4. The van der Waals surface area contributed by atoms with Crippen LogP contribution in [0.3, 0.4) is 0 Å². The molecule has 2 amide bonds. The SMILES string of the molecule is CNC(=O)[C@@H](O)c1ccccc1.CNC(=O)[C@H](OS(=O)(=O)c1ccc(C)cc1)c1ccccc1.Cc1ccc(S(=O)(=O)Cl)cc1. The molecule has 0 aliphatic rings. The van der Waals surface area contributed by atoms with Gasteiger partial charge in [0.15, 0.2) is 12.2 Å². The monoisotopic (exact) mass is 674 g/mol. The number of nitrogens with one attached hydrogen (secondary N) is 2. The highest BCUT2D eigenvalue weighted by atomic mass is 35.7. The van der Waals surface area contributed by atoms with Crippen molar-refractivity contribution in [1.29, 1.82) is 0 Å². The predicted octanol–water partition coefficient (Wildman–Crippen LogP) is 4.58. The second kappa shape index (κ2) is 17.4. The third-order valence-electron chi connectivity index (χ3n) is 6.03. The Labute approximate surface area is 268 Å². The van der Waals surface area contributed by atoms with Gasteiger partial charge < -0.3 is 15.7 Å². The number of likely N-dealkylation sites (N-methyl/N-ethyl adjacent to an activating group) is 2. The third kappa shape index (κ3) is 12.1. The summed E-state index contributed by atoms with van der Waals surface area (Å²) in [6, 6.07) is 29.9. The van der Waals surface area contributed by atoms with Crippen LogP contribution in [0.4, 0.5) is 0 Å². The quantitative estimate of drug-likeness (QED) is 0.181. The number of amides is 2. The molecule has 0 aliphatic heterocycles. The highest BCUT2D eigenvalue weighted by Crippen LogP contribution is 2.24. The number of carbonyl (C=O) groups is 2. The lowest BCUT2D eigenvalue weighted by atomic mass is 10.1. The summed E-state index contributed by atoms with van der Waals surface area (Å²) < 4.78 is 51.3. The van der Waals surface area contributed by atoms with Gasteiger partial charge in [-0.1, -0.05) is 96.1 Å². The molecule has 10 nitrogen and oxygen atoms in total. The van der Waals surface area contributed by atoms with Crippen molar-refractivity contribution in [1.82, 2.24) is 10.6 Å². The van der Waals surface area contributed by atoms with Crippen LogP contribution in [-0.4, -0.2) is 47.9 Å². The average molecular weight is 675 g/mol. The molecule has 4 rings (SSSR count). The van der Waals surface area contributed by atoms with Gasteiger partial charge in [0.25, 0.3) is 31.0 Å². The highest BCUT2D eigenvalue weighted by Gasteiger charge is 2.28. The molecule has 0 heterocycles. The Hall–Kier alpha value is -4.07. The Morgan fingerprint density at radius 2 is 1.04 bits per heavy atom. The maximum Gasteiger partial charge on any atom is 0.298 e. The van der Waals surface area contributed by atoms with Gasteiger partial charge in [0.2, 0.25) is 0 Å². The first-order chi connectivity index (χ1) is 21.2. The van der Waals surface area contributed by atoms with Crippen LogP contribution in [0.15, 0.2) is 119 Å². The lowest BCUT2D eigenvalue weighted by Gasteiger charge is -2.16. The van der Waals surface area contributed by atoms with Gasteiger partial charge in [0.1, 0.15) is 0 Å². The summed E-state index contributed by atoms with van der Waals surface area (Å²) in [5.41, 5.74) is 3.02. The second-order valence-corrected chi connectivity index (χ2v) is 13.6. The van der Waals surface area contributed by atoms with E-state index in [1.54, 1.807) is 78.9 Å². The number of halogens is 1. The van der Waals surface area contributed by atoms with E-state index in [-0.39, 0.29) is 15.7 Å². The Morgan fingerprint density at radius 1 is 0.644 bits per heavy atom. The van der Waals surface area contributed by atoms with Crippen molar-refractivity contribution in [3.8, 4) is 0 Å². The van der Waals surface area contributed by atoms with Crippen molar-refractivity contribution in [2.45, 2.75) is 35.8 Å². The van der Waals surface area contributed by atoms with Crippen molar-refractivity contribution in [2.75, 3.05) is 14.1 Å². The first-order valence-electron chi connectivity index (χ1n) is 13.4. The van der Waals surface area contributed by atoms with Crippen LogP contribution in [-0.2, 0) is 32.9 Å². The predicted molar refractivity (Wildman–Crippen MR) is 172 cm³/mol. The highest BCUT2D eigenvalue weighted by molar-refractivity contribution is 8.13. The second-order valence-electron chi connectivity index (χ2n) is 9.45. The van der Waals surface area contributed by atoms with Crippen LogP contribution in [0.25, 0.3) is 0 Å². The first kappa shape index (κ1) is 37.1. The van der Waals surface area contributed by atoms with Crippen LogP contribution in [0, 0.1) is 13.8 Å². The van der Waals surface area contributed by atoms with Gasteiger partial charge in [-0.2, -0.15) is 8.42 Å². The molecular formula is C32H35ClN2O8S2. The number of aryl methyl sites for hydroxylation is 2. The zero-order valence-electron chi connectivity index (χ0n) is 25.0. The number of hydrogen-bond donors (Lipinski definition) is 3. The van der Waals surface area contributed by atoms with Crippen molar-refractivity contribution < 1.29 is 35.7 Å². The van der Waals surface area contributed by atoms with E-state index in [9.17, 15) is 31.5 Å². The fourth-order valence-electron chi connectivity index (χ4n) is 3.52. The molecule has 0 unspecified atom stereocenters. The maximum atomic E-state index is 12.3. The number of hydrogen-bond acceptors (Lipinski definition) is 8. The van der Waals surface area contributed by atoms with Gasteiger partial charge in [-0.25, -0.2) is 12.6 Å². The van der Waals surface area contributed by atoms with Crippen molar-refractivity contribution in [2.24, 2.45) is 0 Å². The van der Waals surface area contributed by atoms with Gasteiger partial charge in [0.05, 0.1) is 9.79 Å². The molecule has 3 N–H and O–H groups in total. The fraction of sp³-hybridized carbons (Fsp3) is 0.188. The molecule has 0 fully saturated rings. The number of aliphatic hydroxyl groups is 1. The Balaban J connectivity index is 0.000000259. The molecule has 0 bridgehead atoms. The molecule has 0 saturated carbocycles. The summed E-state index contributed by atoms with van der Waals surface area (Å²) in [4.78, 5) is 23.1. The third-order valence-corrected chi connectivity index (χ3v) is 8.70. The number of carbonyl (C=O) groups excluding carboxylic acids is 2. The maximum absolute atomic E-state index is 12.3. The van der Waals surface area contributed by atoms with E-state index in [4.69, 9.17) is 14.9 Å². The van der Waals surface area contributed by atoms with Crippen molar-refractivity contribution in [3.05, 3.63) is 131 Å². The normalized spacial score (nSPS) is 12.2. The fourth-order valence-corrected chi connectivity index (χ4v) is 5.32. The largest absolute Gasteiger partial charge is 0.378 e.